The number of para-hydroxylation sites is 2. The van der Waals surface area contributed by atoms with Crippen molar-refractivity contribution in [2.45, 2.75) is 11.6 Å². The second kappa shape index (κ2) is 8.81. The second-order valence-corrected chi connectivity index (χ2v) is 7.18. The summed E-state index contributed by atoms with van der Waals surface area (Å²) in [6, 6.07) is 14.9. The number of methoxy groups -OCH3 is 1. The molecule has 0 saturated heterocycles. The molecule has 0 unspecified atom stereocenters. The number of ether oxygens (including phenoxy) is 1. The molecule has 2 aromatic carbocycles. The van der Waals surface area contributed by atoms with Gasteiger partial charge in [0, 0.05) is 22.3 Å². The van der Waals surface area contributed by atoms with E-state index in [1.54, 1.807) is 11.8 Å². The summed E-state index contributed by atoms with van der Waals surface area (Å²) in [7, 11) is 1.60. The summed E-state index contributed by atoms with van der Waals surface area (Å²) in [5.74, 6) is 1.17. The van der Waals surface area contributed by atoms with E-state index >= 15 is 0 Å². The lowest BCUT2D eigenvalue weighted by Gasteiger charge is -2.09. The predicted octanol–water partition coefficient (Wildman–Crippen LogP) is 3.55. The van der Waals surface area contributed by atoms with Crippen LogP contribution in [0.3, 0.4) is 0 Å². The first-order chi connectivity index (χ1) is 12.7. The van der Waals surface area contributed by atoms with Crippen LogP contribution in [0.4, 0.5) is 5.69 Å². The number of hydrogen-bond acceptors (Lipinski definition) is 6. The monoisotopic (exact) mass is 433 g/mol. The Morgan fingerprint density at radius 2 is 2.00 bits per heavy atom. The number of carbonyl (C=O) groups is 1. The summed E-state index contributed by atoms with van der Waals surface area (Å²) < 4.78 is 7.92. The van der Waals surface area contributed by atoms with Gasteiger partial charge >= 0.3 is 0 Å². The van der Waals surface area contributed by atoms with Gasteiger partial charge in [-0.15, -0.1) is 5.10 Å². The first kappa shape index (κ1) is 18.4. The van der Waals surface area contributed by atoms with E-state index in [1.807, 2.05) is 48.5 Å². The average Bonchev–Trinajstić information content (AvgIpc) is 3.12. The van der Waals surface area contributed by atoms with Crippen LogP contribution in [0.15, 0.2) is 58.2 Å². The number of benzene rings is 2. The number of halogens is 1. The van der Waals surface area contributed by atoms with Crippen LogP contribution in [0.2, 0.25) is 0 Å². The molecule has 9 heteroatoms. The minimum atomic E-state index is -0.0591. The van der Waals surface area contributed by atoms with Crippen LogP contribution in [0, 0.1) is 0 Å². The zero-order valence-corrected chi connectivity index (χ0v) is 16.3. The van der Waals surface area contributed by atoms with Gasteiger partial charge in [-0.2, -0.15) is 4.68 Å². The first-order valence-electron chi connectivity index (χ1n) is 7.77. The highest BCUT2D eigenvalue weighted by atomic mass is 79.9. The molecule has 0 bridgehead atoms. The molecule has 0 atom stereocenters. The number of nitrogens with zero attached hydrogens (tertiary/aromatic N) is 4. The van der Waals surface area contributed by atoms with Crippen LogP contribution in [0.1, 0.15) is 6.42 Å². The largest absolute Gasteiger partial charge is 0.494 e. The van der Waals surface area contributed by atoms with E-state index in [0.29, 0.717) is 23.1 Å². The molecule has 0 radical (unpaired) electrons. The Morgan fingerprint density at radius 3 is 2.77 bits per heavy atom. The zero-order chi connectivity index (χ0) is 18.4. The lowest BCUT2D eigenvalue weighted by molar-refractivity contribution is -0.115. The van der Waals surface area contributed by atoms with E-state index in [-0.39, 0.29) is 5.91 Å². The summed E-state index contributed by atoms with van der Waals surface area (Å²) in [6.45, 7) is 0. The van der Waals surface area contributed by atoms with Crippen LogP contribution >= 0.6 is 27.7 Å². The molecule has 0 spiro atoms. The molecule has 1 heterocycles. The number of amides is 1. The number of nitrogens with one attached hydrogen (secondary N) is 1. The van der Waals surface area contributed by atoms with Crippen molar-refractivity contribution in [1.29, 1.82) is 0 Å². The van der Waals surface area contributed by atoms with Crippen molar-refractivity contribution in [3.05, 3.63) is 53.0 Å². The summed E-state index contributed by atoms with van der Waals surface area (Å²) in [5, 5.41) is 15.2. The molecular weight excluding hydrogens is 418 g/mol. The van der Waals surface area contributed by atoms with Crippen LogP contribution in [0.5, 0.6) is 5.75 Å². The molecule has 0 aliphatic heterocycles. The van der Waals surface area contributed by atoms with E-state index in [4.69, 9.17) is 4.74 Å². The van der Waals surface area contributed by atoms with Crippen molar-refractivity contribution in [2.24, 2.45) is 0 Å². The van der Waals surface area contributed by atoms with E-state index in [0.717, 1.165) is 15.8 Å². The van der Waals surface area contributed by atoms with E-state index < -0.39 is 0 Å². The number of anilines is 1. The fraction of sp³-hybridized carbons (Fsp3) is 0.176. The molecule has 0 aliphatic rings. The zero-order valence-electron chi connectivity index (χ0n) is 13.9. The van der Waals surface area contributed by atoms with Gasteiger partial charge in [-0.1, -0.05) is 39.8 Å². The Morgan fingerprint density at radius 1 is 1.23 bits per heavy atom. The maximum absolute atomic E-state index is 12.1. The second-order valence-electron chi connectivity index (χ2n) is 5.20. The SMILES string of the molecule is COc1ccccc1-n1nnnc1SCCC(=O)Nc1ccc(Br)cc1. The van der Waals surface area contributed by atoms with Crippen molar-refractivity contribution in [3.63, 3.8) is 0 Å². The highest BCUT2D eigenvalue weighted by Gasteiger charge is 2.13. The van der Waals surface area contributed by atoms with Crippen molar-refractivity contribution in [2.75, 3.05) is 18.2 Å². The number of aromatic nitrogens is 4. The van der Waals surface area contributed by atoms with Gasteiger partial charge in [0.05, 0.1) is 7.11 Å². The summed E-state index contributed by atoms with van der Waals surface area (Å²) in [4.78, 5) is 12.1. The van der Waals surface area contributed by atoms with Gasteiger partial charge in [0.15, 0.2) is 0 Å². The number of thioether (sulfide) groups is 1. The molecule has 0 fully saturated rings. The predicted molar refractivity (Wildman–Crippen MR) is 104 cm³/mol. The topological polar surface area (TPSA) is 81.9 Å². The molecule has 3 rings (SSSR count). The third kappa shape index (κ3) is 4.61. The smallest absolute Gasteiger partial charge is 0.225 e. The molecule has 26 heavy (non-hydrogen) atoms. The lowest BCUT2D eigenvalue weighted by Crippen LogP contribution is -2.12. The van der Waals surface area contributed by atoms with Crippen LogP contribution < -0.4 is 10.1 Å². The van der Waals surface area contributed by atoms with Crippen molar-refractivity contribution < 1.29 is 9.53 Å². The molecule has 1 N–H and O–H groups in total. The van der Waals surface area contributed by atoms with Crippen molar-refractivity contribution >= 4 is 39.3 Å². The Hall–Kier alpha value is -2.39. The van der Waals surface area contributed by atoms with Crippen molar-refractivity contribution in [1.82, 2.24) is 20.2 Å². The maximum Gasteiger partial charge on any atom is 0.225 e. The number of carbonyl (C=O) groups excluding carboxylic acids is 1. The fourth-order valence-corrected chi connectivity index (χ4v) is 3.30. The van der Waals surface area contributed by atoms with Gasteiger partial charge in [0.25, 0.3) is 0 Å². The highest BCUT2D eigenvalue weighted by molar-refractivity contribution is 9.10. The van der Waals surface area contributed by atoms with E-state index in [2.05, 4.69) is 36.8 Å². The summed E-state index contributed by atoms with van der Waals surface area (Å²) >= 11 is 4.78. The first-order valence-corrected chi connectivity index (χ1v) is 9.55. The molecule has 0 saturated carbocycles. The highest BCUT2D eigenvalue weighted by Crippen LogP contribution is 2.25. The average molecular weight is 434 g/mol. The van der Waals surface area contributed by atoms with Crippen LogP contribution in [-0.2, 0) is 4.79 Å². The quantitative estimate of drug-likeness (QED) is 0.573. The molecule has 3 aromatic rings. The van der Waals surface area contributed by atoms with Gasteiger partial charge in [-0.3, -0.25) is 4.79 Å². The molecule has 134 valence electrons. The summed E-state index contributed by atoms with van der Waals surface area (Å²) in [5.41, 5.74) is 1.52. The van der Waals surface area contributed by atoms with Gasteiger partial charge in [-0.05, 0) is 46.8 Å². The Bertz CT molecular complexity index is 885. The van der Waals surface area contributed by atoms with Gasteiger partial charge in [-0.25, -0.2) is 0 Å². The molecule has 1 aromatic heterocycles. The maximum atomic E-state index is 12.1. The number of hydrogen-bond donors (Lipinski definition) is 1. The van der Waals surface area contributed by atoms with Gasteiger partial charge in [0.1, 0.15) is 11.4 Å². The van der Waals surface area contributed by atoms with Gasteiger partial charge in [0.2, 0.25) is 11.1 Å². The molecule has 7 nitrogen and oxygen atoms in total. The normalized spacial score (nSPS) is 10.5. The van der Waals surface area contributed by atoms with Crippen LogP contribution in [-0.4, -0.2) is 39.0 Å². The fourth-order valence-electron chi connectivity index (χ4n) is 2.22. The number of rotatable bonds is 7. The Balaban J connectivity index is 1.58. The van der Waals surface area contributed by atoms with E-state index in [9.17, 15) is 4.79 Å². The van der Waals surface area contributed by atoms with E-state index in [1.165, 1.54) is 11.8 Å². The standard InChI is InChI=1S/C17H16BrN5O2S/c1-25-15-5-3-2-4-14(15)23-17(20-21-22-23)26-11-10-16(24)19-13-8-6-12(18)7-9-13/h2-9H,10-11H2,1H3,(H,19,24). The Labute approximate surface area is 163 Å². The third-order valence-electron chi connectivity index (χ3n) is 3.44. The molecule has 1 amide bonds. The van der Waals surface area contributed by atoms with Crippen LogP contribution in [0.25, 0.3) is 5.69 Å². The molecular formula is C17H16BrN5O2S. The minimum Gasteiger partial charge on any atom is -0.494 e. The minimum absolute atomic E-state index is 0.0591. The number of tetrazole rings is 1. The third-order valence-corrected chi connectivity index (χ3v) is 4.89. The lowest BCUT2D eigenvalue weighted by atomic mass is 10.3. The Kier molecular flexibility index (Phi) is 6.24. The molecule has 0 aliphatic carbocycles. The summed E-state index contributed by atoms with van der Waals surface area (Å²) in [6.07, 6.45) is 0.347. The van der Waals surface area contributed by atoms with Crippen molar-refractivity contribution in [3.8, 4) is 11.4 Å². The van der Waals surface area contributed by atoms with Gasteiger partial charge < -0.3 is 10.1 Å².